The summed E-state index contributed by atoms with van der Waals surface area (Å²) in [6.45, 7) is 2.41. The first-order valence-electron chi connectivity index (χ1n) is 8.96. The van der Waals surface area contributed by atoms with E-state index in [1.54, 1.807) is 0 Å². The lowest BCUT2D eigenvalue weighted by atomic mass is 9.97. The molecule has 0 atom stereocenters. The SMILES string of the molecule is O=C(CCCN1CCC(O)([13c]2[13cH][13cH][13c](Cl)[13cH][13cH]2)CC1)c1ccc(F)cc1. The Morgan fingerprint density at radius 1 is 1.08 bits per heavy atom. The van der Waals surface area contributed by atoms with Gasteiger partial charge in [0.2, 0.25) is 0 Å². The normalized spacial score (nSPS) is 17.2. The van der Waals surface area contributed by atoms with Crippen LogP contribution < -0.4 is 0 Å². The van der Waals surface area contributed by atoms with Crippen molar-refractivity contribution in [2.75, 3.05) is 19.6 Å². The summed E-state index contributed by atoms with van der Waals surface area (Å²) >= 11 is 5.92. The maximum atomic E-state index is 12.9. The van der Waals surface area contributed by atoms with Gasteiger partial charge in [-0.2, -0.15) is 0 Å². The van der Waals surface area contributed by atoms with Gasteiger partial charge in [0.05, 0.1) is 5.60 Å². The highest BCUT2D eigenvalue weighted by Crippen LogP contribution is 2.33. The third-order valence-electron chi connectivity index (χ3n) is 5.11. The molecule has 1 aliphatic rings. The molecule has 3 rings (SSSR count). The maximum absolute atomic E-state index is 12.9. The molecule has 0 spiro atoms. The molecule has 0 unspecified atom stereocenters. The minimum absolute atomic E-state index is 0.0414. The number of ketones is 1. The molecule has 2 aromatic rings. The number of hydrogen-bond donors (Lipinski definition) is 1. The first-order valence-corrected chi connectivity index (χ1v) is 9.34. The van der Waals surface area contributed by atoms with Gasteiger partial charge in [-0.3, -0.25) is 4.79 Å². The van der Waals surface area contributed by atoms with Crippen LogP contribution in [0.15, 0.2) is 48.5 Å². The van der Waals surface area contributed by atoms with Crippen LogP contribution in [0.5, 0.6) is 0 Å². The average molecular weight is 382 g/mol. The van der Waals surface area contributed by atoms with Crippen molar-refractivity contribution in [3.05, 3.63) is 70.5 Å². The van der Waals surface area contributed by atoms with E-state index < -0.39 is 5.60 Å². The van der Waals surface area contributed by atoms with Gasteiger partial charge in [0.1, 0.15) is 5.82 Å². The van der Waals surface area contributed by atoms with Crippen molar-refractivity contribution >= 4 is 17.4 Å². The fourth-order valence-corrected chi connectivity index (χ4v) is 3.56. The number of aliphatic hydroxyl groups is 1. The molecule has 0 bridgehead atoms. The van der Waals surface area contributed by atoms with Crippen molar-refractivity contribution in [3.63, 3.8) is 0 Å². The van der Waals surface area contributed by atoms with Crippen LogP contribution in [0.2, 0.25) is 5.02 Å². The fraction of sp³-hybridized carbons (Fsp3) is 0.381. The van der Waals surface area contributed by atoms with Crippen LogP contribution in [-0.4, -0.2) is 35.4 Å². The zero-order chi connectivity index (χ0) is 18.6. The predicted octanol–water partition coefficient (Wildman–Crippen LogP) is 4.43. The molecular weight excluding hydrogens is 359 g/mol. The summed E-state index contributed by atoms with van der Waals surface area (Å²) in [5.41, 5.74) is 0.667. The summed E-state index contributed by atoms with van der Waals surface area (Å²) in [6, 6.07) is 13.1. The highest BCUT2D eigenvalue weighted by Gasteiger charge is 2.33. The number of benzene rings is 2. The lowest BCUT2D eigenvalue weighted by Crippen LogP contribution is -2.42. The third kappa shape index (κ3) is 4.70. The number of carbonyl (C=O) groups excluding carboxylic acids is 1. The second-order valence-electron chi connectivity index (χ2n) is 6.91. The fourth-order valence-electron chi connectivity index (χ4n) is 3.44. The molecule has 1 fully saturated rings. The van der Waals surface area contributed by atoms with E-state index in [4.69, 9.17) is 11.6 Å². The molecule has 1 N–H and O–H groups in total. The van der Waals surface area contributed by atoms with Crippen molar-refractivity contribution in [1.82, 2.24) is 4.90 Å². The lowest BCUT2D eigenvalue weighted by molar-refractivity contribution is -0.0260. The van der Waals surface area contributed by atoms with Crippen LogP contribution in [0.4, 0.5) is 4.39 Å². The Balaban J connectivity index is 1.44. The van der Waals surface area contributed by atoms with Gasteiger partial charge >= 0.3 is 0 Å². The largest absolute Gasteiger partial charge is 0.385 e. The minimum Gasteiger partial charge on any atom is -0.385 e. The van der Waals surface area contributed by atoms with Crippen molar-refractivity contribution in [3.8, 4) is 0 Å². The lowest BCUT2D eigenvalue weighted by Gasteiger charge is -2.38. The van der Waals surface area contributed by atoms with Gasteiger partial charge in [-0.1, -0.05) is 23.7 Å². The molecule has 1 aliphatic heterocycles. The van der Waals surface area contributed by atoms with E-state index in [1.165, 1.54) is 24.3 Å². The summed E-state index contributed by atoms with van der Waals surface area (Å²) in [5.74, 6) is -0.289. The summed E-state index contributed by atoms with van der Waals surface area (Å²) in [4.78, 5) is 14.4. The molecule has 0 radical (unpaired) electrons. The molecule has 5 heteroatoms. The Bertz CT molecular complexity index is 738. The molecule has 138 valence electrons. The van der Waals surface area contributed by atoms with Gasteiger partial charge in [-0.25, -0.2) is 4.39 Å². The number of hydrogen-bond acceptors (Lipinski definition) is 3. The molecular formula is C21H23ClFNO2. The van der Waals surface area contributed by atoms with Gasteiger partial charge in [0.15, 0.2) is 5.78 Å². The predicted molar refractivity (Wildman–Crippen MR) is 101 cm³/mol. The van der Waals surface area contributed by atoms with E-state index in [0.29, 0.717) is 29.8 Å². The molecule has 1 heterocycles. The molecule has 0 aliphatic carbocycles. The van der Waals surface area contributed by atoms with Gasteiger partial charge in [-0.05, 0) is 67.8 Å². The Labute approximate surface area is 158 Å². The molecule has 0 saturated carbocycles. The van der Waals surface area contributed by atoms with E-state index in [9.17, 15) is 14.3 Å². The van der Waals surface area contributed by atoms with E-state index >= 15 is 0 Å². The standard InChI is InChI=1S/C21H23ClFNO2/c22-18-7-5-17(6-8-18)21(26)11-14-24(15-12-21)13-1-2-20(25)16-3-9-19(23)10-4-16/h3-10,26H,1-2,11-15H2/i5+1,6+1,7+1,8+1,17+1,18+1. The molecule has 1 saturated heterocycles. The maximum Gasteiger partial charge on any atom is 0.162 e. The quantitative estimate of drug-likeness (QED) is 0.753. The summed E-state index contributed by atoms with van der Waals surface area (Å²) < 4.78 is 12.9. The van der Waals surface area contributed by atoms with Crippen LogP contribution in [0.3, 0.4) is 0 Å². The Morgan fingerprint density at radius 2 is 1.69 bits per heavy atom. The number of likely N-dealkylation sites (tertiary alicyclic amines) is 1. The number of halogens is 2. The monoisotopic (exact) mass is 381 g/mol. The number of Topliss-reactive ketones (excluding diaryl/α,β-unsaturated/α-hetero) is 1. The van der Waals surface area contributed by atoms with E-state index in [-0.39, 0.29) is 11.6 Å². The highest BCUT2D eigenvalue weighted by atomic mass is 35.5. The first kappa shape index (κ1) is 19.0. The molecule has 3 nitrogen and oxygen atoms in total. The second-order valence-corrected chi connectivity index (χ2v) is 7.35. The Kier molecular flexibility index (Phi) is 6.07. The van der Waals surface area contributed by atoms with Crippen molar-refractivity contribution in [2.45, 2.75) is 31.3 Å². The Morgan fingerprint density at radius 3 is 2.31 bits per heavy atom. The number of piperidine rings is 1. The summed E-state index contributed by atoms with van der Waals surface area (Å²) in [5, 5.41) is 11.5. The molecule has 26 heavy (non-hydrogen) atoms. The zero-order valence-corrected chi connectivity index (χ0v) is 15.4. The second kappa shape index (κ2) is 8.30. The van der Waals surface area contributed by atoms with E-state index in [1.807, 2.05) is 24.3 Å². The molecule has 2 aromatic carbocycles. The van der Waals surface area contributed by atoms with Crippen molar-refractivity contribution < 1.29 is 14.3 Å². The van der Waals surface area contributed by atoms with E-state index in [0.717, 1.165) is 31.6 Å². The number of carbonyl (C=O) groups is 1. The van der Waals surface area contributed by atoms with Crippen LogP contribution in [0.1, 0.15) is 41.6 Å². The topological polar surface area (TPSA) is 40.5 Å². The molecule has 0 aromatic heterocycles. The zero-order valence-electron chi connectivity index (χ0n) is 14.6. The smallest absolute Gasteiger partial charge is 0.162 e. The summed E-state index contributed by atoms with van der Waals surface area (Å²) in [6.07, 6.45) is 2.54. The van der Waals surface area contributed by atoms with Gasteiger partial charge in [0.25, 0.3) is 0 Å². The van der Waals surface area contributed by atoms with Crippen LogP contribution in [0.25, 0.3) is 0 Å². The summed E-state index contributed by atoms with van der Waals surface area (Å²) in [7, 11) is 0. The van der Waals surface area contributed by atoms with Gasteiger partial charge in [0, 0.05) is 30.1 Å². The van der Waals surface area contributed by atoms with Crippen LogP contribution in [-0.2, 0) is 5.60 Å². The molecule has 0 amide bonds. The highest BCUT2D eigenvalue weighted by molar-refractivity contribution is 6.30. The minimum atomic E-state index is -0.801. The van der Waals surface area contributed by atoms with Gasteiger partial charge in [-0.15, -0.1) is 0 Å². The van der Waals surface area contributed by atoms with Gasteiger partial charge < -0.3 is 10.0 Å². The van der Waals surface area contributed by atoms with Crippen molar-refractivity contribution in [1.29, 1.82) is 0 Å². The number of nitrogens with zero attached hydrogens (tertiary/aromatic N) is 1. The first-order chi connectivity index (χ1) is 12.5. The van der Waals surface area contributed by atoms with Crippen LogP contribution >= 0.6 is 11.6 Å². The number of rotatable bonds is 6. The Hall–Kier alpha value is -1.75. The van der Waals surface area contributed by atoms with Crippen LogP contribution in [0, 0.1) is 5.82 Å². The average Bonchev–Trinajstić information content (AvgIpc) is 2.64. The van der Waals surface area contributed by atoms with Crippen molar-refractivity contribution in [2.24, 2.45) is 0 Å². The third-order valence-corrected chi connectivity index (χ3v) is 5.36. The van der Waals surface area contributed by atoms with E-state index in [2.05, 4.69) is 4.90 Å².